The molecule has 1 aromatic carbocycles. The van der Waals surface area contributed by atoms with E-state index in [1.165, 1.54) is 16.7 Å². The van der Waals surface area contributed by atoms with E-state index in [0.717, 1.165) is 39.4 Å². The molecule has 0 bridgehead atoms. The predicted octanol–water partition coefficient (Wildman–Crippen LogP) is 3.31. The molecule has 1 N–H and O–H groups in total. The second kappa shape index (κ2) is 9.93. The van der Waals surface area contributed by atoms with E-state index in [2.05, 4.69) is 56.1 Å². The Morgan fingerprint density at radius 1 is 1.14 bits per heavy atom. The molecule has 1 aromatic rings. The first kappa shape index (κ1) is 18.1. The summed E-state index contributed by atoms with van der Waals surface area (Å²) < 4.78 is 5.49. The van der Waals surface area contributed by atoms with Crippen molar-refractivity contribution in [3.63, 3.8) is 0 Å². The van der Waals surface area contributed by atoms with Crippen molar-refractivity contribution >= 4 is 0 Å². The van der Waals surface area contributed by atoms with E-state index in [1.54, 1.807) is 0 Å². The number of hydrogen-bond acceptors (Lipinski definition) is 3. The summed E-state index contributed by atoms with van der Waals surface area (Å²) in [6.45, 7) is 16.5. The first-order chi connectivity index (χ1) is 10.1. The van der Waals surface area contributed by atoms with Crippen molar-refractivity contribution in [3.05, 3.63) is 34.9 Å². The number of nitrogens with zero attached hydrogens (tertiary/aromatic N) is 1. The zero-order chi connectivity index (χ0) is 15.7. The number of rotatable bonds is 10. The smallest absolute Gasteiger partial charge is 0.0593 e. The van der Waals surface area contributed by atoms with E-state index in [9.17, 15) is 0 Å². The summed E-state index contributed by atoms with van der Waals surface area (Å²) in [7, 11) is 0. The SMILES string of the molecule is CCNC(CN(CC)CCOCC)c1ccc(C)c(C)c1. The molecule has 0 aliphatic heterocycles. The van der Waals surface area contributed by atoms with E-state index >= 15 is 0 Å². The molecule has 0 radical (unpaired) electrons. The van der Waals surface area contributed by atoms with Crippen molar-refractivity contribution in [2.45, 2.75) is 40.7 Å². The summed E-state index contributed by atoms with van der Waals surface area (Å²) >= 11 is 0. The Labute approximate surface area is 130 Å². The van der Waals surface area contributed by atoms with Crippen molar-refractivity contribution in [3.8, 4) is 0 Å². The Balaban J connectivity index is 2.72. The van der Waals surface area contributed by atoms with Crippen LogP contribution in [-0.2, 0) is 4.74 Å². The molecule has 0 saturated carbocycles. The van der Waals surface area contributed by atoms with E-state index in [4.69, 9.17) is 4.74 Å². The minimum Gasteiger partial charge on any atom is -0.380 e. The van der Waals surface area contributed by atoms with Crippen LogP contribution in [0.15, 0.2) is 18.2 Å². The van der Waals surface area contributed by atoms with Crippen LogP contribution in [0.5, 0.6) is 0 Å². The van der Waals surface area contributed by atoms with Gasteiger partial charge in [0, 0.05) is 25.7 Å². The van der Waals surface area contributed by atoms with Gasteiger partial charge in [0.15, 0.2) is 0 Å². The maximum absolute atomic E-state index is 5.49. The highest BCUT2D eigenvalue weighted by molar-refractivity contribution is 5.31. The van der Waals surface area contributed by atoms with Gasteiger partial charge in [0.1, 0.15) is 0 Å². The molecule has 3 heteroatoms. The monoisotopic (exact) mass is 292 g/mol. The van der Waals surface area contributed by atoms with Crippen molar-refractivity contribution in [2.75, 3.05) is 39.4 Å². The standard InChI is InChI=1S/C18H32N2O/c1-6-19-18(14-20(7-2)11-12-21-8-3)17-10-9-15(4)16(5)13-17/h9-10,13,18-19H,6-8,11-12,14H2,1-5H3. The number of likely N-dealkylation sites (N-methyl/N-ethyl adjacent to an activating group) is 2. The summed E-state index contributed by atoms with van der Waals surface area (Å²) in [5.74, 6) is 0. The molecule has 0 heterocycles. The second-order valence-electron chi connectivity index (χ2n) is 5.54. The molecule has 1 atom stereocenters. The third-order valence-electron chi connectivity index (χ3n) is 4.03. The van der Waals surface area contributed by atoms with Gasteiger partial charge in [-0.15, -0.1) is 0 Å². The van der Waals surface area contributed by atoms with E-state index in [0.29, 0.717) is 6.04 Å². The summed E-state index contributed by atoms with van der Waals surface area (Å²) in [5.41, 5.74) is 4.11. The van der Waals surface area contributed by atoms with Crippen LogP contribution in [0.3, 0.4) is 0 Å². The molecule has 0 fully saturated rings. The van der Waals surface area contributed by atoms with Gasteiger partial charge in [-0.3, -0.25) is 4.90 Å². The van der Waals surface area contributed by atoms with Gasteiger partial charge in [-0.1, -0.05) is 32.0 Å². The average molecular weight is 292 g/mol. The Morgan fingerprint density at radius 3 is 2.48 bits per heavy atom. The van der Waals surface area contributed by atoms with E-state index in [-0.39, 0.29) is 0 Å². The number of ether oxygens (including phenoxy) is 1. The normalized spacial score (nSPS) is 12.9. The van der Waals surface area contributed by atoms with Gasteiger partial charge in [-0.25, -0.2) is 0 Å². The Bertz CT molecular complexity index is 406. The molecular formula is C18H32N2O. The largest absolute Gasteiger partial charge is 0.380 e. The summed E-state index contributed by atoms with van der Waals surface area (Å²) in [6.07, 6.45) is 0. The Hall–Kier alpha value is -0.900. The minimum atomic E-state index is 0.385. The molecule has 3 nitrogen and oxygen atoms in total. The van der Waals surface area contributed by atoms with Gasteiger partial charge >= 0.3 is 0 Å². The predicted molar refractivity (Wildman–Crippen MR) is 90.9 cm³/mol. The van der Waals surface area contributed by atoms with Crippen LogP contribution in [0.4, 0.5) is 0 Å². The highest BCUT2D eigenvalue weighted by atomic mass is 16.5. The molecule has 0 aromatic heterocycles. The molecule has 0 aliphatic rings. The van der Waals surface area contributed by atoms with Gasteiger partial charge in [-0.2, -0.15) is 0 Å². The molecule has 0 saturated heterocycles. The van der Waals surface area contributed by atoms with Gasteiger partial charge < -0.3 is 10.1 Å². The highest BCUT2D eigenvalue weighted by Crippen LogP contribution is 2.18. The number of aryl methyl sites for hydroxylation is 2. The quantitative estimate of drug-likeness (QED) is 0.670. The first-order valence-electron chi connectivity index (χ1n) is 8.22. The van der Waals surface area contributed by atoms with Crippen LogP contribution < -0.4 is 5.32 Å². The first-order valence-corrected chi connectivity index (χ1v) is 8.22. The maximum atomic E-state index is 5.49. The van der Waals surface area contributed by atoms with Gasteiger partial charge in [0.2, 0.25) is 0 Å². The maximum Gasteiger partial charge on any atom is 0.0593 e. The fraction of sp³-hybridized carbons (Fsp3) is 0.667. The molecule has 1 rings (SSSR count). The molecule has 0 aliphatic carbocycles. The molecular weight excluding hydrogens is 260 g/mol. The molecule has 0 amide bonds. The molecule has 0 spiro atoms. The zero-order valence-corrected chi connectivity index (χ0v) is 14.4. The van der Waals surface area contributed by atoms with Gasteiger partial charge in [-0.05, 0) is 50.6 Å². The number of hydrogen-bond donors (Lipinski definition) is 1. The lowest BCUT2D eigenvalue weighted by Crippen LogP contribution is -2.37. The summed E-state index contributed by atoms with van der Waals surface area (Å²) in [4.78, 5) is 2.46. The number of benzene rings is 1. The van der Waals surface area contributed by atoms with Crippen molar-refractivity contribution in [2.24, 2.45) is 0 Å². The van der Waals surface area contributed by atoms with Crippen LogP contribution in [-0.4, -0.2) is 44.3 Å². The summed E-state index contributed by atoms with van der Waals surface area (Å²) in [6, 6.07) is 7.19. The fourth-order valence-electron chi connectivity index (χ4n) is 2.49. The van der Waals surface area contributed by atoms with Crippen molar-refractivity contribution < 1.29 is 4.74 Å². The number of nitrogens with one attached hydrogen (secondary N) is 1. The average Bonchev–Trinajstić information content (AvgIpc) is 2.48. The van der Waals surface area contributed by atoms with Gasteiger partial charge in [0.25, 0.3) is 0 Å². The second-order valence-corrected chi connectivity index (χ2v) is 5.54. The van der Waals surface area contributed by atoms with Crippen LogP contribution in [0, 0.1) is 13.8 Å². The third kappa shape index (κ3) is 6.16. The lowest BCUT2D eigenvalue weighted by Gasteiger charge is -2.27. The molecule has 1 unspecified atom stereocenters. The lowest BCUT2D eigenvalue weighted by atomic mass is 10.0. The van der Waals surface area contributed by atoms with Crippen molar-refractivity contribution in [1.29, 1.82) is 0 Å². The molecule has 120 valence electrons. The van der Waals surface area contributed by atoms with Crippen LogP contribution >= 0.6 is 0 Å². The minimum absolute atomic E-state index is 0.385. The van der Waals surface area contributed by atoms with E-state index in [1.807, 2.05) is 6.92 Å². The topological polar surface area (TPSA) is 24.5 Å². The molecule has 21 heavy (non-hydrogen) atoms. The van der Waals surface area contributed by atoms with Crippen LogP contribution in [0.1, 0.15) is 43.5 Å². The lowest BCUT2D eigenvalue weighted by molar-refractivity contribution is 0.111. The van der Waals surface area contributed by atoms with E-state index < -0.39 is 0 Å². The van der Waals surface area contributed by atoms with Gasteiger partial charge in [0.05, 0.1) is 6.61 Å². The highest BCUT2D eigenvalue weighted by Gasteiger charge is 2.15. The Morgan fingerprint density at radius 2 is 1.90 bits per heavy atom. The Kier molecular flexibility index (Phi) is 8.58. The zero-order valence-electron chi connectivity index (χ0n) is 14.4. The third-order valence-corrected chi connectivity index (χ3v) is 4.03. The van der Waals surface area contributed by atoms with Crippen LogP contribution in [0.2, 0.25) is 0 Å². The fourth-order valence-corrected chi connectivity index (χ4v) is 2.49. The van der Waals surface area contributed by atoms with Crippen LogP contribution in [0.25, 0.3) is 0 Å². The summed E-state index contributed by atoms with van der Waals surface area (Å²) in [5, 5.41) is 3.62. The van der Waals surface area contributed by atoms with Crippen molar-refractivity contribution in [1.82, 2.24) is 10.2 Å².